The highest BCUT2D eigenvalue weighted by molar-refractivity contribution is 5.99. The van der Waals surface area contributed by atoms with Crippen molar-refractivity contribution in [3.8, 4) is 0 Å². The van der Waals surface area contributed by atoms with Gasteiger partial charge in [-0.3, -0.25) is 9.78 Å². The summed E-state index contributed by atoms with van der Waals surface area (Å²) in [6, 6.07) is 2.85. The molecule has 0 aliphatic carbocycles. The molecule has 72 valence electrons. The topological polar surface area (TPSA) is 71.8 Å². The van der Waals surface area contributed by atoms with E-state index >= 15 is 0 Å². The van der Waals surface area contributed by atoms with Gasteiger partial charge < -0.3 is 10.7 Å². The summed E-state index contributed by atoms with van der Waals surface area (Å²) in [6.07, 6.45) is 1.10. The highest BCUT2D eigenvalue weighted by atomic mass is 19.1. The first-order valence-corrected chi connectivity index (χ1v) is 4.08. The van der Waals surface area contributed by atoms with Crippen molar-refractivity contribution in [3.05, 3.63) is 29.8 Å². The molecule has 0 bridgehead atoms. The van der Waals surface area contributed by atoms with E-state index in [0.717, 1.165) is 6.20 Å². The molecule has 0 unspecified atom stereocenters. The Morgan fingerprint density at radius 1 is 1.57 bits per heavy atom. The van der Waals surface area contributed by atoms with Gasteiger partial charge in [0.05, 0.1) is 29.5 Å². The van der Waals surface area contributed by atoms with Crippen LogP contribution in [0.1, 0.15) is 10.5 Å². The summed E-state index contributed by atoms with van der Waals surface area (Å²) in [6.45, 7) is -0.0741. The van der Waals surface area contributed by atoms with Crippen molar-refractivity contribution in [3.63, 3.8) is 0 Å². The average molecular weight is 193 g/mol. The second-order valence-corrected chi connectivity index (χ2v) is 2.90. The molecule has 2 aromatic heterocycles. The van der Waals surface area contributed by atoms with Crippen molar-refractivity contribution >= 4 is 16.8 Å². The summed E-state index contributed by atoms with van der Waals surface area (Å²) in [5, 5.41) is 0. The lowest BCUT2D eigenvalue weighted by atomic mass is 10.3. The zero-order chi connectivity index (χ0) is 10.1. The third kappa shape index (κ3) is 1.38. The average Bonchev–Trinajstić information content (AvgIpc) is 2.59. The lowest BCUT2D eigenvalue weighted by Crippen LogP contribution is -2.13. The highest BCUT2D eigenvalue weighted by Gasteiger charge is 2.08. The molecule has 14 heavy (non-hydrogen) atoms. The number of aromatic amines is 1. The molecule has 0 radical (unpaired) electrons. The molecule has 0 aromatic carbocycles. The monoisotopic (exact) mass is 193 g/mol. The maximum Gasteiger partial charge on any atom is 0.192 e. The van der Waals surface area contributed by atoms with Crippen molar-refractivity contribution in [2.75, 3.05) is 6.54 Å². The molecule has 3 N–H and O–H groups in total. The van der Waals surface area contributed by atoms with Crippen LogP contribution in [0.25, 0.3) is 11.0 Å². The van der Waals surface area contributed by atoms with Crippen LogP contribution >= 0.6 is 0 Å². The fourth-order valence-electron chi connectivity index (χ4n) is 1.24. The normalized spacial score (nSPS) is 10.7. The fourth-order valence-corrected chi connectivity index (χ4v) is 1.24. The molecule has 0 aliphatic rings. The van der Waals surface area contributed by atoms with Gasteiger partial charge in [0.2, 0.25) is 0 Å². The first-order valence-electron chi connectivity index (χ1n) is 4.08. The number of ketones is 1. The summed E-state index contributed by atoms with van der Waals surface area (Å²) < 4.78 is 12.7. The number of pyridine rings is 1. The minimum Gasteiger partial charge on any atom is -0.351 e. The molecule has 4 nitrogen and oxygen atoms in total. The molecule has 0 saturated carbocycles. The molecule has 0 atom stereocenters. The van der Waals surface area contributed by atoms with Crippen LogP contribution in [0.3, 0.4) is 0 Å². The Hall–Kier alpha value is -1.75. The van der Waals surface area contributed by atoms with E-state index < -0.39 is 5.82 Å². The Morgan fingerprint density at radius 3 is 3.07 bits per heavy atom. The van der Waals surface area contributed by atoms with Crippen LogP contribution < -0.4 is 5.73 Å². The van der Waals surface area contributed by atoms with Gasteiger partial charge in [-0.25, -0.2) is 4.39 Å². The van der Waals surface area contributed by atoms with Gasteiger partial charge in [-0.1, -0.05) is 0 Å². The number of carbonyl (C=O) groups excluding carboxylic acids is 1. The molecule has 0 spiro atoms. The number of rotatable bonds is 2. The minimum atomic E-state index is -0.439. The van der Waals surface area contributed by atoms with Gasteiger partial charge in [0.15, 0.2) is 5.78 Å². The Labute approximate surface area is 78.9 Å². The van der Waals surface area contributed by atoms with Crippen molar-refractivity contribution in [1.82, 2.24) is 9.97 Å². The molecule has 0 aliphatic heterocycles. The van der Waals surface area contributed by atoms with Crippen molar-refractivity contribution in [2.45, 2.75) is 0 Å². The summed E-state index contributed by atoms with van der Waals surface area (Å²) in [5.74, 6) is -0.658. The van der Waals surface area contributed by atoms with E-state index in [1.807, 2.05) is 0 Å². The first kappa shape index (κ1) is 8.83. The van der Waals surface area contributed by atoms with Crippen LogP contribution in [0.15, 0.2) is 18.3 Å². The predicted octanol–water partition coefficient (Wildman–Crippen LogP) is 0.843. The summed E-state index contributed by atoms with van der Waals surface area (Å²) in [5.41, 5.74) is 6.61. The summed E-state index contributed by atoms with van der Waals surface area (Å²) in [4.78, 5) is 17.8. The lowest BCUT2D eigenvalue weighted by molar-refractivity contribution is 0.0997. The molecule has 0 amide bonds. The summed E-state index contributed by atoms with van der Waals surface area (Å²) >= 11 is 0. The number of nitrogens with zero attached hydrogens (tertiary/aromatic N) is 1. The smallest absolute Gasteiger partial charge is 0.192 e. The largest absolute Gasteiger partial charge is 0.351 e. The van der Waals surface area contributed by atoms with Crippen molar-refractivity contribution in [1.29, 1.82) is 0 Å². The van der Waals surface area contributed by atoms with Crippen LogP contribution in [-0.4, -0.2) is 22.3 Å². The Bertz CT molecular complexity index is 492. The SMILES string of the molecule is NCC(=O)c1cc2ncc(F)cc2[nH]1. The molecular formula is C9H8FN3O. The standard InChI is InChI=1S/C9H8FN3O/c10-5-1-7-6(12-4-5)2-8(13-7)9(14)3-11/h1-2,4,13H,3,11H2. The quantitative estimate of drug-likeness (QED) is 0.694. The molecule has 0 saturated heterocycles. The number of H-pyrrole nitrogens is 1. The molecule has 0 fully saturated rings. The molecule has 2 rings (SSSR count). The van der Waals surface area contributed by atoms with E-state index in [9.17, 15) is 9.18 Å². The van der Waals surface area contributed by atoms with Gasteiger partial charge in [0.25, 0.3) is 0 Å². The van der Waals surface area contributed by atoms with E-state index in [2.05, 4.69) is 9.97 Å². The van der Waals surface area contributed by atoms with Gasteiger partial charge >= 0.3 is 0 Å². The lowest BCUT2D eigenvalue weighted by Gasteiger charge is -1.89. The number of hydrogen-bond donors (Lipinski definition) is 2. The van der Waals surface area contributed by atoms with E-state index in [-0.39, 0.29) is 12.3 Å². The van der Waals surface area contributed by atoms with Gasteiger partial charge in [0.1, 0.15) is 5.82 Å². The van der Waals surface area contributed by atoms with Crippen molar-refractivity contribution in [2.24, 2.45) is 5.73 Å². The predicted molar refractivity (Wildman–Crippen MR) is 49.4 cm³/mol. The number of carbonyl (C=O) groups is 1. The molecule has 2 heterocycles. The fraction of sp³-hybridized carbons (Fsp3) is 0.111. The van der Waals surface area contributed by atoms with Gasteiger partial charge in [-0.2, -0.15) is 0 Å². The number of fused-ring (bicyclic) bond motifs is 1. The number of nitrogens with one attached hydrogen (secondary N) is 1. The molecule has 2 aromatic rings. The maximum atomic E-state index is 12.7. The zero-order valence-electron chi connectivity index (χ0n) is 7.25. The number of hydrogen-bond acceptors (Lipinski definition) is 3. The van der Waals surface area contributed by atoms with Crippen LogP contribution in [0, 0.1) is 5.82 Å². The second kappa shape index (κ2) is 3.19. The van der Waals surface area contributed by atoms with E-state index in [4.69, 9.17) is 5.73 Å². The van der Waals surface area contributed by atoms with Gasteiger partial charge in [-0.15, -0.1) is 0 Å². The first-order chi connectivity index (χ1) is 6.70. The van der Waals surface area contributed by atoms with Crippen LogP contribution in [0.2, 0.25) is 0 Å². The highest BCUT2D eigenvalue weighted by Crippen LogP contribution is 2.13. The van der Waals surface area contributed by atoms with E-state index in [1.165, 1.54) is 6.07 Å². The van der Waals surface area contributed by atoms with Crippen LogP contribution in [0.4, 0.5) is 4.39 Å². The third-order valence-electron chi connectivity index (χ3n) is 1.92. The van der Waals surface area contributed by atoms with Crippen LogP contribution in [-0.2, 0) is 0 Å². The molecule has 5 heteroatoms. The third-order valence-corrected chi connectivity index (χ3v) is 1.92. The number of Topliss-reactive ketones (excluding diaryl/α,β-unsaturated/α-hetero) is 1. The number of aromatic nitrogens is 2. The van der Waals surface area contributed by atoms with Gasteiger partial charge in [0, 0.05) is 6.07 Å². The van der Waals surface area contributed by atoms with Gasteiger partial charge in [-0.05, 0) is 6.07 Å². The van der Waals surface area contributed by atoms with E-state index in [0.29, 0.717) is 16.7 Å². The Kier molecular flexibility index (Phi) is 2.01. The van der Waals surface area contributed by atoms with Crippen LogP contribution in [0.5, 0.6) is 0 Å². The maximum absolute atomic E-state index is 12.7. The van der Waals surface area contributed by atoms with Crippen molar-refractivity contribution < 1.29 is 9.18 Å². The summed E-state index contributed by atoms with van der Waals surface area (Å²) in [7, 11) is 0. The zero-order valence-corrected chi connectivity index (χ0v) is 7.25. The number of nitrogens with two attached hydrogens (primary N) is 1. The second-order valence-electron chi connectivity index (χ2n) is 2.90. The molecular weight excluding hydrogens is 185 g/mol. The Balaban J connectivity index is 2.56. The number of halogens is 1. The minimum absolute atomic E-state index is 0.0741. The van der Waals surface area contributed by atoms with E-state index in [1.54, 1.807) is 6.07 Å². The Morgan fingerprint density at radius 2 is 2.36 bits per heavy atom.